The van der Waals surface area contributed by atoms with Crippen LogP contribution >= 0.6 is 0 Å². The largest absolute Gasteiger partial charge is 0.495 e. The van der Waals surface area contributed by atoms with Crippen LogP contribution in [0.4, 0.5) is 11.4 Å². The lowest BCUT2D eigenvalue weighted by Crippen LogP contribution is -2.07. The summed E-state index contributed by atoms with van der Waals surface area (Å²) in [5, 5.41) is 0. The van der Waals surface area contributed by atoms with Gasteiger partial charge in [-0.2, -0.15) is 0 Å². The number of carbonyl (C=O) groups is 2. The molecule has 0 saturated heterocycles. The van der Waals surface area contributed by atoms with E-state index in [1.54, 1.807) is 60.7 Å². The van der Waals surface area contributed by atoms with Crippen LogP contribution in [0.3, 0.4) is 0 Å². The fourth-order valence-corrected chi connectivity index (χ4v) is 2.84. The van der Waals surface area contributed by atoms with E-state index in [4.69, 9.17) is 20.9 Å². The van der Waals surface area contributed by atoms with Gasteiger partial charge >= 0.3 is 0 Å². The quantitative estimate of drug-likeness (QED) is 0.505. The number of anilines is 2. The smallest absolute Gasteiger partial charge is 0.193 e. The van der Waals surface area contributed by atoms with Gasteiger partial charge in [-0.25, -0.2) is 0 Å². The molecule has 0 aliphatic rings. The molecule has 6 heteroatoms. The van der Waals surface area contributed by atoms with Crippen molar-refractivity contribution in [2.75, 3.05) is 25.7 Å². The van der Waals surface area contributed by atoms with Crippen LogP contribution < -0.4 is 20.9 Å². The number of hydrogen-bond donors (Lipinski definition) is 2. The summed E-state index contributed by atoms with van der Waals surface area (Å²) in [6.07, 6.45) is 0. The first-order valence-corrected chi connectivity index (χ1v) is 8.51. The van der Waals surface area contributed by atoms with Gasteiger partial charge in [0, 0.05) is 22.3 Å². The molecular formula is C22H20N2O4. The number of rotatable bonds is 6. The van der Waals surface area contributed by atoms with E-state index in [1.807, 2.05) is 0 Å². The molecule has 6 nitrogen and oxygen atoms in total. The van der Waals surface area contributed by atoms with Gasteiger partial charge in [0.05, 0.1) is 25.6 Å². The molecule has 0 fully saturated rings. The summed E-state index contributed by atoms with van der Waals surface area (Å²) >= 11 is 0. The Morgan fingerprint density at radius 1 is 0.643 bits per heavy atom. The van der Waals surface area contributed by atoms with Crippen molar-refractivity contribution in [2.24, 2.45) is 0 Å². The topological polar surface area (TPSA) is 105 Å². The Balaban J connectivity index is 1.94. The molecule has 0 aliphatic heterocycles. The fraction of sp³-hybridized carbons (Fsp3) is 0.0909. The van der Waals surface area contributed by atoms with Crippen molar-refractivity contribution in [1.82, 2.24) is 0 Å². The molecule has 0 spiro atoms. The van der Waals surface area contributed by atoms with Crippen LogP contribution in [0.15, 0.2) is 60.7 Å². The van der Waals surface area contributed by atoms with Crippen LogP contribution in [0.25, 0.3) is 0 Å². The molecule has 0 radical (unpaired) electrons. The zero-order valence-electron chi connectivity index (χ0n) is 15.6. The first-order valence-electron chi connectivity index (χ1n) is 8.51. The van der Waals surface area contributed by atoms with Crippen LogP contribution in [-0.4, -0.2) is 25.8 Å². The lowest BCUT2D eigenvalue weighted by Gasteiger charge is -2.09. The number of nitrogen functional groups attached to an aromatic ring is 2. The molecule has 0 aliphatic carbocycles. The van der Waals surface area contributed by atoms with Gasteiger partial charge in [0.1, 0.15) is 11.5 Å². The molecule has 0 atom stereocenters. The maximum absolute atomic E-state index is 12.8. The van der Waals surface area contributed by atoms with Crippen molar-refractivity contribution in [3.63, 3.8) is 0 Å². The third kappa shape index (κ3) is 3.66. The summed E-state index contributed by atoms with van der Waals surface area (Å²) in [5.74, 6) is 0.379. The lowest BCUT2D eigenvalue weighted by atomic mass is 9.97. The molecule has 28 heavy (non-hydrogen) atoms. The van der Waals surface area contributed by atoms with E-state index in [0.717, 1.165) is 0 Å². The number of nitrogens with two attached hydrogens (primary N) is 2. The highest BCUT2D eigenvalue weighted by Gasteiger charge is 2.16. The first kappa shape index (κ1) is 19.0. The number of hydrogen-bond acceptors (Lipinski definition) is 6. The van der Waals surface area contributed by atoms with Gasteiger partial charge < -0.3 is 20.9 Å². The van der Waals surface area contributed by atoms with Gasteiger partial charge in [-0.15, -0.1) is 0 Å². The molecule has 142 valence electrons. The van der Waals surface area contributed by atoms with Crippen LogP contribution in [0.1, 0.15) is 31.8 Å². The Morgan fingerprint density at radius 2 is 1.04 bits per heavy atom. The average Bonchev–Trinajstić information content (AvgIpc) is 2.73. The summed E-state index contributed by atoms with van der Waals surface area (Å²) in [6.45, 7) is 0. The fourth-order valence-electron chi connectivity index (χ4n) is 2.84. The van der Waals surface area contributed by atoms with E-state index in [1.165, 1.54) is 14.2 Å². The van der Waals surface area contributed by atoms with Crippen molar-refractivity contribution in [3.05, 3.63) is 82.9 Å². The lowest BCUT2D eigenvalue weighted by molar-refractivity contribution is 0.103. The van der Waals surface area contributed by atoms with Crippen LogP contribution in [-0.2, 0) is 0 Å². The standard InChI is InChI=1S/C22H20N2O4/c1-27-19-11-15(6-8-17(19)23)21(25)13-4-3-5-14(10-13)22(26)16-7-9-18(24)20(12-16)28-2/h3-12H,23-24H2,1-2H3. The molecule has 4 N–H and O–H groups in total. The monoisotopic (exact) mass is 376 g/mol. The Morgan fingerprint density at radius 3 is 1.43 bits per heavy atom. The van der Waals surface area contributed by atoms with Crippen molar-refractivity contribution < 1.29 is 19.1 Å². The third-order valence-corrected chi connectivity index (χ3v) is 4.38. The highest BCUT2D eigenvalue weighted by Crippen LogP contribution is 2.26. The summed E-state index contributed by atoms with van der Waals surface area (Å²) in [4.78, 5) is 25.7. The van der Waals surface area contributed by atoms with Gasteiger partial charge in [0.25, 0.3) is 0 Å². The summed E-state index contributed by atoms with van der Waals surface area (Å²) in [5.41, 5.74) is 14.1. The molecular weight excluding hydrogens is 356 g/mol. The average molecular weight is 376 g/mol. The highest BCUT2D eigenvalue weighted by atomic mass is 16.5. The van der Waals surface area contributed by atoms with Gasteiger partial charge in [-0.05, 0) is 42.5 Å². The molecule has 3 rings (SSSR count). The van der Waals surface area contributed by atoms with E-state index in [0.29, 0.717) is 45.1 Å². The maximum atomic E-state index is 12.8. The molecule has 0 amide bonds. The van der Waals surface area contributed by atoms with Crippen LogP contribution in [0.2, 0.25) is 0 Å². The summed E-state index contributed by atoms with van der Waals surface area (Å²) < 4.78 is 10.3. The number of ether oxygens (including phenoxy) is 2. The van der Waals surface area contributed by atoms with Gasteiger partial charge in [0.15, 0.2) is 11.6 Å². The van der Waals surface area contributed by atoms with Crippen molar-refractivity contribution in [2.45, 2.75) is 0 Å². The molecule has 0 aromatic heterocycles. The van der Waals surface area contributed by atoms with Crippen LogP contribution in [0.5, 0.6) is 11.5 Å². The Kier molecular flexibility index (Phi) is 5.31. The zero-order chi connectivity index (χ0) is 20.3. The minimum Gasteiger partial charge on any atom is -0.495 e. The predicted octanol–water partition coefficient (Wildman–Crippen LogP) is 3.33. The molecule has 0 heterocycles. The highest BCUT2D eigenvalue weighted by molar-refractivity contribution is 6.13. The van der Waals surface area contributed by atoms with Crippen molar-refractivity contribution in [1.29, 1.82) is 0 Å². The van der Waals surface area contributed by atoms with Crippen molar-refractivity contribution in [3.8, 4) is 11.5 Å². The van der Waals surface area contributed by atoms with E-state index in [-0.39, 0.29) is 11.6 Å². The van der Waals surface area contributed by atoms with Gasteiger partial charge in [0.2, 0.25) is 0 Å². The summed E-state index contributed by atoms with van der Waals surface area (Å²) in [7, 11) is 2.97. The Bertz CT molecular complexity index is 979. The maximum Gasteiger partial charge on any atom is 0.193 e. The summed E-state index contributed by atoms with van der Waals surface area (Å²) in [6, 6.07) is 16.2. The normalized spacial score (nSPS) is 10.4. The second kappa shape index (κ2) is 7.84. The Labute approximate surface area is 162 Å². The Hall–Kier alpha value is -3.80. The second-order valence-corrected chi connectivity index (χ2v) is 6.15. The number of methoxy groups -OCH3 is 2. The van der Waals surface area contributed by atoms with E-state index < -0.39 is 0 Å². The molecule has 3 aromatic carbocycles. The molecule has 0 saturated carbocycles. The predicted molar refractivity (Wildman–Crippen MR) is 108 cm³/mol. The molecule has 0 bridgehead atoms. The zero-order valence-corrected chi connectivity index (χ0v) is 15.6. The minimum absolute atomic E-state index is 0.233. The number of benzene rings is 3. The van der Waals surface area contributed by atoms with E-state index in [9.17, 15) is 9.59 Å². The van der Waals surface area contributed by atoms with E-state index in [2.05, 4.69) is 0 Å². The van der Waals surface area contributed by atoms with Crippen molar-refractivity contribution >= 4 is 22.9 Å². The van der Waals surface area contributed by atoms with Crippen LogP contribution in [0, 0.1) is 0 Å². The second-order valence-electron chi connectivity index (χ2n) is 6.15. The van der Waals surface area contributed by atoms with Gasteiger partial charge in [-0.3, -0.25) is 9.59 Å². The first-order chi connectivity index (χ1) is 13.4. The van der Waals surface area contributed by atoms with E-state index >= 15 is 0 Å². The SMILES string of the molecule is COc1cc(C(=O)c2cccc(C(=O)c3ccc(N)c(OC)c3)c2)ccc1N. The minimum atomic E-state index is -0.233. The third-order valence-electron chi connectivity index (χ3n) is 4.38. The number of ketones is 2. The molecule has 3 aromatic rings. The number of carbonyl (C=O) groups excluding carboxylic acids is 2. The molecule has 0 unspecified atom stereocenters. The van der Waals surface area contributed by atoms with Gasteiger partial charge in [-0.1, -0.05) is 18.2 Å².